The van der Waals surface area contributed by atoms with Crippen molar-refractivity contribution >= 4 is 0 Å². The second-order valence-corrected chi connectivity index (χ2v) is 6.34. The Hall–Kier alpha value is -0.120. The van der Waals surface area contributed by atoms with Crippen LogP contribution >= 0.6 is 0 Å². The Bertz CT molecular complexity index is 268. The number of rotatable bonds is 2. The molecule has 0 radical (unpaired) electrons. The van der Waals surface area contributed by atoms with Crippen LogP contribution in [0, 0.1) is 0 Å². The summed E-state index contributed by atoms with van der Waals surface area (Å²) in [7, 11) is 0. The lowest BCUT2D eigenvalue weighted by atomic mass is 10.0. The molecule has 0 bridgehead atoms. The predicted octanol–water partition coefficient (Wildman–Crippen LogP) is 1.69. The molecule has 3 aliphatic heterocycles. The maximum atomic E-state index is 3.69. The van der Waals surface area contributed by atoms with Gasteiger partial charge in [0.15, 0.2) is 0 Å². The van der Waals surface area contributed by atoms with Crippen LogP contribution in [0.5, 0.6) is 0 Å². The zero-order chi connectivity index (χ0) is 12.4. The molecule has 3 nitrogen and oxygen atoms in total. The summed E-state index contributed by atoms with van der Waals surface area (Å²) in [6.07, 6.45) is 8.28. The van der Waals surface area contributed by atoms with E-state index in [1.165, 1.54) is 71.2 Å². The first-order valence-corrected chi connectivity index (χ1v) is 8.10. The Balaban J connectivity index is 1.60. The van der Waals surface area contributed by atoms with Crippen LogP contribution in [0.1, 0.15) is 45.4 Å². The Labute approximate surface area is 112 Å². The largest absolute Gasteiger partial charge is 0.314 e. The zero-order valence-electron chi connectivity index (χ0n) is 11.9. The fourth-order valence-corrected chi connectivity index (χ4v) is 4.29. The van der Waals surface area contributed by atoms with E-state index in [1.807, 2.05) is 0 Å². The van der Waals surface area contributed by atoms with Crippen molar-refractivity contribution in [2.45, 2.75) is 63.6 Å². The highest BCUT2D eigenvalue weighted by Crippen LogP contribution is 2.31. The molecular formula is C15H29N3. The van der Waals surface area contributed by atoms with Crippen molar-refractivity contribution in [1.82, 2.24) is 15.1 Å². The van der Waals surface area contributed by atoms with Gasteiger partial charge in [-0.1, -0.05) is 6.92 Å². The highest BCUT2D eigenvalue weighted by atomic mass is 15.3. The zero-order valence-corrected chi connectivity index (χ0v) is 11.9. The molecule has 3 heterocycles. The lowest BCUT2D eigenvalue weighted by Gasteiger charge is -2.35. The van der Waals surface area contributed by atoms with Crippen LogP contribution < -0.4 is 5.32 Å². The van der Waals surface area contributed by atoms with Gasteiger partial charge in [-0.15, -0.1) is 0 Å². The van der Waals surface area contributed by atoms with Crippen LogP contribution in [-0.4, -0.2) is 60.6 Å². The van der Waals surface area contributed by atoms with Gasteiger partial charge in [0.25, 0.3) is 0 Å². The molecule has 104 valence electrons. The number of hydrogen-bond donors (Lipinski definition) is 1. The first-order valence-electron chi connectivity index (χ1n) is 8.10. The normalized spacial score (nSPS) is 39.5. The molecule has 0 spiro atoms. The highest BCUT2D eigenvalue weighted by molar-refractivity contribution is 4.97. The molecule has 3 aliphatic rings. The number of hydrogen-bond acceptors (Lipinski definition) is 3. The van der Waals surface area contributed by atoms with Gasteiger partial charge >= 0.3 is 0 Å². The minimum Gasteiger partial charge on any atom is -0.314 e. The molecule has 3 saturated heterocycles. The fourth-order valence-electron chi connectivity index (χ4n) is 4.29. The van der Waals surface area contributed by atoms with Crippen LogP contribution in [0.25, 0.3) is 0 Å². The molecule has 3 rings (SSSR count). The van der Waals surface area contributed by atoms with Crippen molar-refractivity contribution in [2.75, 3.05) is 32.7 Å². The summed E-state index contributed by atoms with van der Waals surface area (Å²) in [5.74, 6) is 0. The molecular weight excluding hydrogens is 222 g/mol. The maximum absolute atomic E-state index is 3.69. The second-order valence-electron chi connectivity index (χ2n) is 6.34. The van der Waals surface area contributed by atoms with Gasteiger partial charge in [0.1, 0.15) is 0 Å². The highest BCUT2D eigenvalue weighted by Gasteiger charge is 2.39. The fraction of sp³-hybridized carbons (Fsp3) is 1.00. The van der Waals surface area contributed by atoms with E-state index >= 15 is 0 Å². The lowest BCUT2D eigenvalue weighted by Crippen LogP contribution is -2.47. The van der Waals surface area contributed by atoms with Gasteiger partial charge in [-0.25, -0.2) is 0 Å². The molecule has 3 unspecified atom stereocenters. The third-order valence-corrected chi connectivity index (χ3v) is 5.35. The SMILES string of the molecule is CCC1CCN(C2CCN3CCCC23)CCCN1. The van der Waals surface area contributed by atoms with Crippen molar-refractivity contribution in [3.8, 4) is 0 Å². The molecule has 3 atom stereocenters. The average molecular weight is 251 g/mol. The van der Waals surface area contributed by atoms with E-state index in [1.54, 1.807) is 0 Å². The van der Waals surface area contributed by atoms with Crippen molar-refractivity contribution in [3.63, 3.8) is 0 Å². The van der Waals surface area contributed by atoms with Gasteiger partial charge in [-0.05, 0) is 64.7 Å². The van der Waals surface area contributed by atoms with Crippen LogP contribution in [0.3, 0.4) is 0 Å². The van der Waals surface area contributed by atoms with Crippen molar-refractivity contribution in [2.24, 2.45) is 0 Å². The summed E-state index contributed by atoms with van der Waals surface area (Å²) < 4.78 is 0. The van der Waals surface area contributed by atoms with E-state index in [4.69, 9.17) is 0 Å². The monoisotopic (exact) mass is 251 g/mol. The topological polar surface area (TPSA) is 18.5 Å². The van der Waals surface area contributed by atoms with Gasteiger partial charge in [0, 0.05) is 24.7 Å². The summed E-state index contributed by atoms with van der Waals surface area (Å²) in [5, 5.41) is 3.69. The van der Waals surface area contributed by atoms with Gasteiger partial charge in [0.2, 0.25) is 0 Å². The predicted molar refractivity (Wildman–Crippen MR) is 75.9 cm³/mol. The number of nitrogens with one attached hydrogen (secondary N) is 1. The Morgan fingerprint density at radius 3 is 2.44 bits per heavy atom. The van der Waals surface area contributed by atoms with Crippen LogP contribution in [0.2, 0.25) is 0 Å². The summed E-state index contributed by atoms with van der Waals surface area (Å²) in [6, 6.07) is 2.54. The quantitative estimate of drug-likeness (QED) is 0.806. The summed E-state index contributed by atoms with van der Waals surface area (Å²) in [4.78, 5) is 5.58. The molecule has 3 heteroatoms. The molecule has 3 fully saturated rings. The Morgan fingerprint density at radius 1 is 0.889 bits per heavy atom. The van der Waals surface area contributed by atoms with E-state index < -0.39 is 0 Å². The molecule has 0 saturated carbocycles. The van der Waals surface area contributed by atoms with Crippen LogP contribution in [-0.2, 0) is 0 Å². The van der Waals surface area contributed by atoms with Gasteiger partial charge in [0.05, 0.1) is 0 Å². The molecule has 18 heavy (non-hydrogen) atoms. The minimum absolute atomic E-state index is 0.758. The van der Waals surface area contributed by atoms with Crippen molar-refractivity contribution in [3.05, 3.63) is 0 Å². The standard InChI is InChI=1S/C15H29N3/c1-2-13-6-11-18(10-4-8-16-13)15-7-12-17-9-3-5-14(15)17/h13-16H,2-12H2,1H3. The van der Waals surface area contributed by atoms with Gasteiger partial charge in [-0.2, -0.15) is 0 Å². The molecule has 0 aromatic heterocycles. The number of nitrogens with zero attached hydrogens (tertiary/aromatic N) is 2. The third kappa shape index (κ3) is 2.59. The van der Waals surface area contributed by atoms with Crippen molar-refractivity contribution < 1.29 is 0 Å². The molecule has 0 amide bonds. The summed E-state index contributed by atoms with van der Waals surface area (Å²) in [5.41, 5.74) is 0. The number of fused-ring (bicyclic) bond motifs is 1. The van der Waals surface area contributed by atoms with Crippen LogP contribution in [0.15, 0.2) is 0 Å². The molecule has 0 aliphatic carbocycles. The van der Waals surface area contributed by atoms with Crippen molar-refractivity contribution in [1.29, 1.82) is 0 Å². The lowest BCUT2D eigenvalue weighted by molar-refractivity contribution is 0.141. The summed E-state index contributed by atoms with van der Waals surface area (Å²) >= 11 is 0. The Morgan fingerprint density at radius 2 is 1.61 bits per heavy atom. The Kier molecular flexibility index (Phi) is 4.22. The summed E-state index contributed by atoms with van der Waals surface area (Å²) in [6.45, 7) is 8.91. The van der Waals surface area contributed by atoms with Crippen LogP contribution in [0.4, 0.5) is 0 Å². The van der Waals surface area contributed by atoms with E-state index in [0.717, 1.165) is 18.1 Å². The first kappa shape index (κ1) is 12.9. The smallest absolute Gasteiger partial charge is 0.0263 e. The van der Waals surface area contributed by atoms with E-state index in [0.29, 0.717) is 0 Å². The maximum Gasteiger partial charge on any atom is 0.0263 e. The van der Waals surface area contributed by atoms with Gasteiger partial charge < -0.3 is 5.32 Å². The third-order valence-electron chi connectivity index (χ3n) is 5.35. The molecule has 1 N–H and O–H groups in total. The minimum atomic E-state index is 0.758. The van der Waals surface area contributed by atoms with E-state index in [2.05, 4.69) is 22.0 Å². The second kappa shape index (κ2) is 5.89. The van der Waals surface area contributed by atoms with E-state index in [-0.39, 0.29) is 0 Å². The molecule has 0 aromatic carbocycles. The van der Waals surface area contributed by atoms with E-state index in [9.17, 15) is 0 Å². The average Bonchev–Trinajstić information content (AvgIpc) is 2.92. The molecule has 0 aromatic rings. The first-order chi connectivity index (χ1) is 8.88. The van der Waals surface area contributed by atoms with Gasteiger partial charge in [-0.3, -0.25) is 9.80 Å².